The highest BCUT2D eigenvalue weighted by molar-refractivity contribution is 7.99. The molecule has 0 bridgehead atoms. The van der Waals surface area contributed by atoms with Gasteiger partial charge in [-0.3, -0.25) is 0 Å². The van der Waals surface area contributed by atoms with Crippen LogP contribution in [-0.4, -0.2) is 24.1 Å². The molecule has 0 aromatic carbocycles. The first-order chi connectivity index (χ1) is 7.29. The maximum absolute atomic E-state index is 8.75. The number of nitriles is 1. The van der Waals surface area contributed by atoms with Gasteiger partial charge in [-0.25, -0.2) is 0 Å². The Bertz CT molecular complexity index is 255. The lowest BCUT2D eigenvalue weighted by Gasteiger charge is -2.22. The standard InChI is InChI=1S/C12H20N2S/c1-15-11-4-2-3-10(11)14-9-12(5-6-12)7-8-13/h10-11,14H,2-7,9H2,1H3. The first kappa shape index (κ1) is 11.3. The number of nitrogens with one attached hydrogen (secondary N) is 1. The predicted octanol–water partition coefficient (Wildman–Crippen LogP) is 2.55. The van der Waals surface area contributed by atoms with Crippen LogP contribution in [0.5, 0.6) is 0 Å². The van der Waals surface area contributed by atoms with Crippen LogP contribution < -0.4 is 5.32 Å². The third-order valence-corrected chi connectivity index (χ3v) is 5.08. The van der Waals surface area contributed by atoms with E-state index in [1.54, 1.807) is 0 Å². The Hall–Kier alpha value is -0.200. The van der Waals surface area contributed by atoms with Crippen molar-refractivity contribution in [3.8, 4) is 6.07 Å². The summed E-state index contributed by atoms with van der Waals surface area (Å²) >= 11 is 2.00. The molecule has 0 saturated heterocycles. The zero-order valence-electron chi connectivity index (χ0n) is 9.46. The van der Waals surface area contributed by atoms with Crippen molar-refractivity contribution in [1.29, 1.82) is 5.26 Å². The van der Waals surface area contributed by atoms with Crippen LogP contribution in [0.3, 0.4) is 0 Å². The molecule has 84 valence electrons. The van der Waals surface area contributed by atoms with Crippen molar-refractivity contribution < 1.29 is 0 Å². The second-order valence-corrected chi connectivity index (χ2v) is 6.10. The summed E-state index contributed by atoms with van der Waals surface area (Å²) in [6.45, 7) is 1.07. The Morgan fingerprint density at radius 3 is 2.87 bits per heavy atom. The largest absolute Gasteiger partial charge is 0.312 e. The Balaban J connectivity index is 1.76. The number of hydrogen-bond donors (Lipinski definition) is 1. The van der Waals surface area contributed by atoms with Gasteiger partial charge in [-0.1, -0.05) is 6.42 Å². The monoisotopic (exact) mass is 224 g/mol. The summed E-state index contributed by atoms with van der Waals surface area (Å²) in [6.07, 6.45) is 9.53. The van der Waals surface area contributed by atoms with Crippen LogP contribution in [0.4, 0.5) is 0 Å². The summed E-state index contributed by atoms with van der Waals surface area (Å²) in [5.74, 6) is 0. The molecular weight excluding hydrogens is 204 g/mol. The van der Waals surface area contributed by atoms with E-state index >= 15 is 0 Å². The number of thioether (sulfide) groups is 1. The number of nitrogens with zero attached hydrogens (tertiary/aromatic N) is 1. The van der Waals surface area contributed by atoms with Crippen LogP contribution in [0, 0.1) is 16.7 Å². The van der Waals surface area contributed by atoms with Crippen molar-refractivity contribution in [3.05, 3.63) is 0 Å². The van der Waals surface area contributed by atoms with Gasteiger partial charge in [0.2, 0.25) is 0 Å². The molecule has 2 unspecified atom stereocenters. The molecule has 2 atom stereocenters. The molecule has 0 aromatic heterocycles. The van der Waals surface area contributed by atoms with Crippen molar-refractivity contribution in [3.63, 3.8) is 0 Å². The van der Waals surface area contributed by atoms with Gasteiger partial charge >= 0.3 is 0 Å². The first-order valence-corrected chi connectivity index (χ1v) is 7.22. The molecule has 2 aliphatic rings. The van der Waals surface area contributed by atoms with E-state index in [9.17, 15) is 0 Å². The molecular formula is C12H20N2S. The predicted molar refractivity (Wildman–Crippen MR) is 64.8 cm³/mol. The maximum Gasteiger partial charge on any atom is 0.0628 e. The second-order valence-electron chi connectivity index (χ2n) is 5.03. The minimum absolute atomic E-state index is 0.361. The van der Waals surface area contributed by atoms with E-state index < -0.39 is 0 Å². The molecule has 0 amide bonds. The molecule has 0 aliphatic heterocycles. The number of rotatable bonds is 5. The molecule has 2 aliphatic carbocycles. The smallest absolute Gasteiger partial charge is 0.0628 e. The van der Waals surface area contributed by atoms with Crippen LogP contribution in [0.1, 0.15) is 38.5 Å². The van der Waals surface area contributed by atoms with E-state index in [-0.39, 0.29) is 0 Å². The van der Waals surface area contributed by atoms with E-state index in [0.717, 1.165) is 18.2 Å². The molecule has 0 heterocycles. The first-order valence-electron chi connectivity index (χ1n) is 5.93. The van der Waals surface area contributed by atoms with E-state index in [4.69, 9.17) is 5.26 Å². The highest BCUT2D eigenvalue weighted by Crippen LogP contribution is 2.48. The molecule has 2 rings (SSSR count). The van der Waals surface area contributed by atoms with Gasteiger partial charge in [0.1, 0.15) is 0 Å². The quantitative estimate of drug-likeness (QED) is 0.779. The van der Waals surface area contributed by atoms with E-state index in [0.29, 0.717) is 11.5 Å². The molecule has 2 fully saturated rings. The van der Waals surface area contributed by atoms with Crippen LogP contribution >= 0.6 is 11.8 Å². The normalized spacial score (nSPS) is 32.5. The van der Waals surface area contributed by atoms with E-state index in [1.165, 1.54) is 32.1 Å². The van der Waals surface area contributed by atoms with Gasteiger partial charge in [0.15, 0.2) is 0 Å². The summed E-state index contributed by atoms with van der Waals surface area (Å²) in [5, 5.41) is 13.3. The Labute approximate surface area is 96.8 Å². The zero-order valence-corrected chi connectivity index (χ0v) is 10.3. The summed E-state index contributed by atoms with van der Waals surface area (Å²) < 4.78 is 0. The van der Waals surface area contributed by atoms with E-state index in [1.807, 2.05) is 11.8 Å². The van der Waals surface area contributed by atoms with Crippen molar-refractivity contribution in [2.45, 2.75) is 49.8 Å². The summed E-state index contributed by atoms with van der Waals surface area (Å²) in [6, 6.07) is 3.03. The Morgan fingerprint density at radius 2 is 2.27 bits per heavy atom. The Morgan fingerprint density at radius 1 is 1.47 bits per heavy atom. The van der Waals surface area contributed by atoms with Gasteiger partial charge in [-0.2, -0.15) is 17.0 Å². The fraction of sp³-hybridized carbons (Fsp3) is 0.917. The fourth-order valence-corrected chi connectivity index (χ4v) is 3.51. The van der Waals surface area contributed by atoms with E-state index in [2.05, 4.69) is 17.6 Å². The van der Waals surface area contributed by atoms with Crippen LogP contribution in [-0.2, 0) is 0 Å². The maximum atomic E-state index is 8.75. The van der Waals surface area contributed by atoms with Gasteiger partial charge in [0.25, 0.3) is 0 Å². The van der Waals surface area contributed by atoms with Crippen molar-refractivity contribution in [1.82, 2.24) is 5.32 Å². The molecule has 2 saturated carbocycles. The van der Waals surface area contributed by atoms with Gasteiger partial charge in [0, 0.05) is 24.3 Å². The summed E-state index contributed by atoms with van der Waals surface area (Å²) in [7, 11) is 0. The SMILES string of the molecule is CSC1CCCC1NCC1(CC#N)CC1. The lowest BCUT2D eigenvalue weighted by Crippen LogP contribution is -2.37. The van der Waals surface area contributed by atoms with Crippen molar-refractivity contribution in [2.75, 3.05) is 12.8 Å². The van der Waals surface area contributed by atoms with Gasteiger partial charge in [-0.15, -0.1) is 0 Å². The van der Waals surface area contributed by atoms with Gasteiger partial charge in [-0.05, 0) is 37.4 Å². The molecule has 1 N–H and O–H groups in total. The Kier molecular flexibility index (Phi) is 3.58. The molecule has 0 spiro atoms. The zero-order chi connectivity index (χ0) is 10.7. The highest BCUT2D eigenvalue weighted by Gasteiger charge is 2.43. The fourth-order valence-electron chi connectivity index (χ4n) is 2.55. The molecule has 15 heavy (non-hydrogen) atoms. The van der Waals surface area contributed by atoms with Crippen LogP contribution in [0.25, 0.3) is 0 Å². The third kappa shape index (κ3) is 2.68. The number of hydrogen-bond acceptors (Lipinski definition) is 3. The molecule has 3 heteroatoms. The van der Waals surface area contributed by atoms with Crippen molar-refractivity contribution >= 4 is 11.8 Å². The molecule has 0 aromatic rings. The minimum Gasteiger partial charge on any atom is -0.312 e. The van der Waals surface area contributed by atoms with Gasteiger partial charge in [0.05, 0.1) is 6.07 Å². The topological polar surface area (TPSA) is 35.8 Å². The van der Waals surface area contributed by atoms with Gasteiger partial charge < -0.3 is 5.32 Å². The molecule has 2 nitrogen and oxygen atoms in total. The lowest BCUT2D eigenvalue weighted by molar-refractivity contribution is 0.420. The second kappa shape index (κ2) is 4.76. The lowest BCUT2D eigenvalue weighted by atomic mass is 10.0. The van der Waals surface area contributed by atoms with Crippen molar-refractivity contribution in [2.24, 2.45) is 5.41 Å². The molecule has 0 radical (unpaired) electrons. The average Bonchev–Trinajstić information content (AvgIpc) is 2.86. The minimum atomic E-state index is 0.361. The third-order valence-electron chi connectivity index (χ3n) is 3.91. The summed E-state index contributed by atoms with van der Waals surface area (Å²) in [4.78, 5) is 0. The van der Waals surface area contributed by atoms with Crippen LogP contribution in [0.2, 0.25) is 0 Å². The average molecular weight is 224 g/mol. The highest BCUT2D eigenvalue weighted by atomic mass is 32.2. The van der Waals surface area contributed by atoms with Crippen LogP contribution in [0.15, 0.2) is 0 Å². The summed E-state index contributed by atoms with van der Waals surface area (Å²) in [5.41, 5.74) is 0.361.